The Hall–Kier alpha value is -2.38. The van der Waals surface area contributed by atoms with Crippen LogP contribution in [0.4, 0.5) is 0 Å². The van der Waals surface area contributed by atoms with Crippen molar-refractivity contribution in [2.45, 2.75) is 45.2 Å². The van der Waals surface area contributed by atoms with Crippen molar-refractivity contribution in [3.05, 3.63) is 17.5 Å². The number of nitrogens with zero attached hydrogens (tertiary/aromatic N) is 4. The van der Waals surface area contributed by atoms with Crippen molar-refractivity contribution in [2.75, 3.05) is 26.7 Å². The first-order valence-electron chi connectivity index (χ1n) is 9.36. The number of likely N-dealkylation sites (tertiary alicyclic amines) is 1. The van der Waals surface area contributed by atoms with Gasteiger partial charge in [-0.15, -0.1) is 0 Å². The van der Waals surface area contributed by atoms with Crippen molar-refractivity contribution in [3.63, 3.8) is 0 Å². The van der Waals surface area contributed by atoms with Crippen LogP contribution in [0, 0.1) is 5.41 Å². The Morgan fingerprint density at radius 1 is 1.23 bits per heavy atom. The SMILES string of the molecule is C[C@@H]1N(C(=O)c2cc3n(n2)CCN(C)C3=O)CCC[C@@]12CCCNC2=O. The molecule has 3 amide bonds. The quantitative estimate of drug-likeness (QED) is 0.790. The number of fused-ring (bicyclic) bond motifs is 1. The Bertz CT molecular complexity index is 769. The lowest BCUT2D eigenvalue weighted by Gasteiger charge is -2.49. The minimum absolute atomic E-state index is 0.0645. The summed E-state index contributed by atoms with van der Waals surface area (Å²) in [4.78, 5) is 41.4. The van der Waals surface area contributed by atoms with E-state index in [0.717, 1.165) is 25.7 Å². The van der Waals surface area contributed by atoms with Crippen LogP contribution >= 0.6 is 0 Å². The highest BCUT2D eigenvalue weighted by atomic mass is 16.2. The molecule has 26 heavy (non-hydrogen) atoms. The fourth-order valence-corrected chi connectivity index (χ4v) is 4.63. The molecular weight excluding hydrogens is 334 g/mol. The molecule has 8 heteroatoms. The minimum atomic E-state index is -0.498. The lowest BCUT2D eigenvalue weighted by molar-refractivity contribution is -0.140. The van der Waals surface area contributed by atoms with Crippen LogP contribution < -0.4 is 5.32 Å². The van der Waals surface area contributed by atoms with Gasteiger partial charge >= 0.3 is 0 Å². The zero-order valence-electron chi connectivity index (χ0n) is 15.3. The van der Waals surface area contributed by atoms with Crippen molar-refractivity contribution in [2.24, 2.45) is 5.41 Å². The lowest BCUT2D eigenvalue weighted by atomic mass is 9.68. The fourth-order valence-electron chi connectivity index (χ4n) is 4.63. The second-order valence-corrected chi connectivity index (χ2v) is 7.66. The molecule has 2 fully saturated rings. The highest BCUT2D eigenvalue weighted by Crippen LogP contribution is 2.42. The third kappa shape index (κ3) is 2.42. The van der Waals surface area contributed by atoms with Crippen molar-refractivity contribution in [1.82, 2.24) is 24.9 Å². The van der Waals surface area contributed by atoms with E-state index in [0.29, 0.717) is 37.6 Å². The number of piperidine rings is 2. The Morgan fingerprint density at radius 2 is 2.00 bits per heavy atom. The maximum absolute atomic E-state index is 13.1. The summed E-state index contributed by atoms with van der Waals surface area (Å²) < 4.78 is 1.62. The van der Waals surface area contributed by atoms with E-state index in [1.54, 1.807) is 27.6 Å². The third-order valence-electron chi connectivity index (χ3n) is 6.30. The standard InChI is InChI=1S/C18H25N5O3/c1-12-18(5-3-7-19-17(18)26)6-4-8-22(12)15(24)13-11-14-16(25)21(2)9-10-23(14)20-13/h11-12H,3-10H2,1-2H3,(H,19,26)/t12-,18-/m0/s1. The molecule has 2 saturated heterocycles. The van der Waals surface area contributed by atoms with E-state index in [1.807, 2.05) is 6.92 Å². The Kier molecular flexibility index (Phi) is 4.00. The molecule has 1 aromatic rings. The van der Waals surface area contributed by atoms with Crippen LogP contribution in [0.25, 0.3) is 0 Å². The monoisotopic (exact) mass is 359 g/mol. The summed E-state index contributed by atoms with van der Waals surface area (Å²) in [5.41, 5.74) is 0.252. The predicted octanol–water partition coefficient (Wildman–Crippen LogP) is 0.490. The molecule has 1 spiro atoms. The van der Waals surface area contributed by atoms with Crippen LogP contribution in [-0.2, 0) is 11.3 Å². The molecule has 0 bridgehead atoms. The molecule has 3 aliphatic heterocycles. The molecule has 2 atom stereocenters. The van der Waals surface area contributed by atoms with Gasteiger partial charge in [0.05, 0.1) is 12.0 Å². The van der Waals surface area contributed by atoms with Gasteiger partial charge < -0.3 is 15.1 Å². The molecule has 0 unspecified atom stereocenters. The van der Waals surface area contributed by atoms with Crippen molar-refractivity contribution >= 4 is 17.7 Å². The summed E-state index contributed by atoms with van der Waals surface area (Å²) in [6, 6.07) is 1.41. The summed E-state index contributed by atoms with van der Waals surface area (Å²) in [6.45, 7) is 4.48. The minimum Gasteiger partial charge on any atom is -0.356 e. The number of carbonyl (C=O) groups is 3. The number of nitrogens with one attached hydrogen (secondary N) is 1. The average molecular weight is 359 g/mol. The molecule has 8 nitrogen and oxygen atoms in total. The molecule has 1 N–H and O–H groups in total. The fraction of sp³-hybridized carbons (Fsp3) is 0.667. The van der Waals surface area contributed by atoms with E-state index >= 15 is 0 Å². The van der Waals surface area contributed by atoms with Gasteiger partial charge in [-0.05, 0) is 32.6 Å². The van der Waals surface area contributed by atoms with Crippen molar-refractivity contribution < 1.29 is 14.4 Å². The van der Waals surface area contributed by atoms with Crippen LogP contribution in [0.1, 0.15) is 53.6 Å². The van der Waals surface area contributed by atoms with Gasteiger partial charge in [0, 0.05) is 38.8 Å². The number of rotatable bonds is 1. The number of hydrogen-bond acceptors (Lipinski definition) is 4. The van der Waals surface area contributed by atoms with Crippen LogP contribution in [0.3, 0.4) is 0 Å². The molecule has 4 rings (SSSR count). The van der Waals surface area contributed by atoms with Gasteiger partial charge in [-0.3, -0.25) is 19.1 Å². The molecule has 140 valence electrons. The van der Waals surface area contributed by atoms with Crippen molar-refractivity contribution in [1.29, 1.82) is 0 Å². The van der Waals surface area contributed by atoms with E-state index in [4.69, 9.17) is 0 Å². The van der Waals surface area contributed by atoms with Gasteiger partial charge in [0.15, 0.2) is 5.69 Å². The second-order valence-electron chi connectivity index (χ2n) is 7.66. The maximum atomic E-state index is 13.1. The number of hydrogen-bond donors (Lipinski definition) is 1. The van der Waals surface area contributed by atoms with Gasteiger partial charge in [-0.2, -0.15) is 5.10 Å². The summed E-state index contributed by atoms with van der Waals surface area (Å²) >= 11 is 0. The van der Waals surface area contributed by atoms with Gasteiger partial charge in [-0.1, -0.05) is 0 Å². The highest BCUT2D eigenvalue weighted by Gasteiger charge is 2.50. The van der Waals surface area contributed by atoms with Crippen LogP contribution in [0.2, 0.25) is 0 Å². The van der Waals surface area contributed by atoms with Gasteiger partial charge in [0.2, 0.25) is 5.91 Å². The van der Waals surface area contributed by atoms with E-state index in [9.17, 15) is 14.4 Å². The molecule has 4 heterocycles. The van der Waals surface area contributed by atoms with Crippen LogP contribution in [0.15, 0.2) is 6.07 Å². The van der Waals surface area contributed by atoms with Crippen LogP contribution in [-0.4, -0.2) is 70.0 Å². The molecule has 0 saturated carbocycles. The normalized spacial score (nSPS) is 28.9. The van der Waals surface area contributed by atoms with Gasteiger partial charge in [-0.25, -0.2) is 0 Å². The van der Waals surface area contributed by atoms with E-state index < -0.39 is 5.41 Å². The summed E-state index contributed by atoms with van der Waals surface area (Å²) in [5.74, 6) is -0.236. The predicted molar refractivity (Wildman–Crippen MR) is 93.6 cm³/mol. The number of likely N-dealkylation sites (N-methyl/N-ethyl adjacent to an activating group) is 1. The molecule has 0 radical (unpaired) electrons. The molecule has 1 aromatic heterocycles. The Labute approximate surface area is 152 Å². The Balaban J connectivity index is 1.61. The van der Waals surface area contributed by atoms with E-state index in [1.165, 1.54) is 0 Å². The zero-order chi connectivity index (χ0) is 18.5. The second kappa shape index (κ2) is 6.10. The molecule has 0 aromatic carbocycles. The van der Waals surface area contributed by atoms with E-state index in [2.05, 4.69) is 10.4 Å². The number of amides is 3. The first kappa shape index (κ1) is 17.1. The lowest BCUT2D eigenvalue weighted by Crippen LogP contribution is -2.61. The Morgan fingerprint density at radius 3 is 2.77 bits per heavy atom. The number of aromatic nitrogens is 2. The largest absolute Gasteiger partial charge is 0.356 e. The summed E-state index contributed by atoms with van der Waals surface area (Å²) in [5, 5.41) is 7.35. The van der Waals surface area contributed by atoms with Gasteiger partial charge in [0.1, 0.15) is 5.69 Å². The van der Waals surface area contributed by atoms with Gasteiger partial charge in [0.25, 0.3) is 11.8 Å². The first-order valence-corrected chi connectivity index (χ1v) is 9.36. The smallest absolute Gasteiger partial charge is 0.274 e. The third-order valence-corrected chi connectivity index (χ3v) is 6.30. The van der Waals surface area contributed by atoms with Crippen molar-refractivity contribution in [3.8, 4) is 0 Å². The number of carbonyl (C=O) groups excluding carboxylic acids is 3. The zero-order valence-corrected chi connectivity index (χ0v) is 15.3. The molecule has 3 aliphatic rings. The summed E-state index contributed by atoms with van der Waals surface area (Å²) in [6.07, 6.45) is 3.37. The first-order chi connectivity index (χ1) is 12.4. The maximum Gasteiger partial charge on any atom is 0.274 e. The van der Waals surface area contributed by atoms with E-state index in [-0.39, 0.29) is 23.8 Å². The summed E-state index contributed by atoms with van der Waals surface area (Å²) in [7, 11) is 1.75. The average Bonchev–Trinajstić information content (AvgIpc) is 3.07. The highest BCUT2D eigenvalue weighted by molar-refractivity contribution is 5.98. The molecular formula is C18H25N5O3. The topological polar surface area (TPSA) is 87.5 Å². The molecule has 0 aliphatic carbocycles. The van der Waals surface area contributed by atoms with Crippen LogP contribution in [0.5, 0.6) is 0 Å².